The van der Waals surface area contributed by atoms with Crippen LogP contribution >= 0.6 is 11.6 Å². The lowest BCUT2D eigenvalue weighted by molar-refractivity contribution is 0.0951. The van der Waals surface area contributed by atoms with Crippen molar-refractivity contribution in [2.45, 2.75) is 11.8 Å². The number of hydrogen-bond acceptors (Lipinski definition) is 5. The summed E-state index contributed by atoms with van der Waals surface area (Å²) in [4.78, 5) is 15.3. The summed E-state index contributed by atoms with van der Waals surface area (Å²) in [7, 11) is -2.71. The van der Waals surface area contributed by atoms with E-state index in [4.69, 9.17) is 20.8 Å². The molecule has 26 heavy (non-hydrogen) atoms. The first-order chi connectivity index (χ1) is 12.3. The molecule has 0 saturated carbocycles. The van der Waals surface area contributed by atoms with Gasteiger partial charge in [-0.1, -0.05) is 29.3 Å². The molecule has 1 aromatic carbocycles. The minimum atomic E-state index is -4.05. The second-order valence-electron chi connectivity index (χ2n) is 5.46. The van der Waals surface area contributed by atoms with E-state index in [9.17, 15) is 13.2 Å². The first kappa shape index (κ1) is 18.1. The molecule has 2 aromatic heterocycles. The first-order valence-corrected chi connectivity index (χ1v) is 9.33. The molecule has 2 heterocycles. The topological polar surface area (TPSA) is 101 Å². The van der Waals surface area contributed by atoms with Gasteiger partial charge in [0.05, 0.1) is 17.0 Å². The summed E-state index contributed by atoms with van der Waals surface area (Å²) in [6.45, 7) is 1.83. The molecule has 136 valence electrons. The zero-order valence-electron chi connectivity index (χ0n) is 13.9. The van der Waals surface area contributed by atoms with Gasteiger partial charge >= 0.3 is 5.91 Å². The smallest absolute Gasteiger partial charge is 0.304 e. The van der Waals surface area contributed by atoms with Crippen LogP contribution in [0.1, 0.15) is 16.1 Å². The van der Waals surface area contributed by atoms with Gasteiger partial charge in [0.1, 0.15) is 5.69 Å². The number of amides is 1. The number of furan rings is 1. The SMILES string of the molecule is COc1cc(-c2[nH]ccc2Cl)oc1C(=O)NS(=O)(=O)c1ccc(C)cc1. The van der Waals surface area contributed by atoms with Gasteiger partial charge in [-0.3, -0.25) is 4.79 Å². The quantitative estimate of drug-likeness (QED) is 0.690. The zero-order chi connectivity index (χ0) is 18.9. The van der Waals surface area contributed by atoms with Crippen LogP contribution in [0.2, 0.25) is 5.02 Å². The summed E-state index contributed by atoms with van der Waals surface area (Å²) < 4.78 is 37.3. The highest BCUT2D eigenvalue weighted by atomic mass is 35.5. The van der Waals surface area contributed by atoms with Gasteiger partial charge in [-0.25, -0.2) is 13.1 Å². The second kappa shape index (κ2) is 6.89. The van der Waals surface area contributed by atoms with E-state index in [1.54, 1.807) is 24.4 Å². The number of aryl methyl sites for hydroxylation is 1. The Hall–Kier alpha value is -2.71. The average molecular weight is 395 g/mol. The van der Waals surface area contributed by atoms with Gasteiger partial charge in [0, 0.05) is 12.3 Å². The van der Waals surface area contributed by atoms with Gasteiger partial charge in [-0.05, 0) is 25.1 Å². The number of aromatic amines is 1. The van der Waals surface area contributed by atoms with Crippen molar-refractivity contribution >= 4 is 27.5 Å². The molecule has 0 fully saturated rings. The standard InChI is InChI=1S/C17H15ClN2O5S/c1-10-3-5-11(6-4-10)26(22,23)20-17(21)16-14(24-2)9-13(25-16)15-12(18)7-8-19-15/h3-9,19H,1-2H3,(H,20,21). The normalized spacial score (nSPS) is 11.3. The number of benzene rings is 1. The van der Waals surface area contributed by atoms with Crippen LogP contribution in [0.25, 0.3) is 11.5 Å². The number of aromatic nitrogens is 1. The summed E-state index contributed by atoms with van der Waals surface area (Å²) in [5.41, 5.74) is 1.35. The third-order valence-electron chi connectivity index (χ3n) is 3.63. The molecule has 0 aliphatic heterocycles. The molecule has 0 unspecified atom stereocenters. The fourth-order valence-corrected chi connectivity index (χ4v) is 3.45. The Morgan fingerprint density at radius 1 is 1.23 bits per heavy atom. The van der Waals surface area contributed by atoms with Gasteiger partial charge in [0.15, 0.2) is 11.5 Å². The van der Waals surface area contributed by atoms with Crippen LogP contribution in [0.4, 0.5) is 0 Å². The zero-order valence-corrected chi connectivity index (χ0v) is 15.4. The van der Waals surface area contributed by atoms with Crippen molar-refractivity contribution in [3.8, 4) is 17.2 Å². The van der Waals surface area contributed by atoms with E-state index in [0.717, 1.165) is 5.56 Å². The van der Waals surface area contributed by atoms with Crippen molar-refractivity contribution in [2.75, 3.05) is 7.11 Å². The number of H-pyrrole nitrogens is 1. The first-order valence-electron chi connectivity index (χ1n) is 7.46. The summed E-state index contributed by atoms with van der Waals surface area (Å²) in [6, 6.07) is 9.16. The Balaban J connectivity index is 1.91. The third-order valence-corrected chi connectivity index (χ3v) is 5.29. The molecular formula is C17H15ClN2O5S. The minimum Gasteiger partial charge on any atom is -0.492 e. The number of methoxy groups -OCH3 is 1. The Morgan fingerprint density at radius 3 is 2.50 bits per heavy atom. The van der Waals surface area contributed by atoms with E-state index in [1.165, 1.54) is 25.3 Å². The minimum absolute atomic E-state index is 0.0328. The third kappa shape index (κ3) is 3.47. The molecule has 0 saturated heterocycles. The monoisotopic (exact) mass is 394 g/mol. The number of ether oxygens (including phenoxy) is 1. The van der Waals surface area contributed by atoms with Crippen molar-refractivity contribution in [1.29, 1.82) is 0 Å². The van der Waals surface area contributed by atoms with Crippen LogP contribution in [0.5, 0.6) is 5.75 Å². The van der Waals surface area contributed by atoms with Crippen molar-refractivity contribution in [2.24, 2.45) is 0 Å². The molecule has 9 heteroatoms. The Morgan fingerprint density at radius 2 is 1.92 bits per heavy atom. The highest BCUT2D eigenvalue weighted by Crippen LogP contribution is 2.33. The lowest BCUT2D eigenvalue weighted by Crippen LogP contribution is -2.30. The van der Waals surface area contributed by atoms with Crippen molar-refractivity contribution in [3.63, 3.8) is 0 Å². The maximum absolute atomic E-state index is 12.4. The molecule has 0 aliphatic carbocycles. The number of sulfonamides is 1. The van der Waals surface area contributed by atoms with Gasteiger partial charge in [0.2, 0.25) is 5.76 Å². The maximum atomic E-state index is 12.4. The Kier molecular flexibility index (Phi) is 4.80. The van der Waals surface area contributed by atoms with Gasteiger partial charge < -0.3 is 14.1 Å². The van der Waals surface area contributed by atoms with Crippen LogP contribution in [-0.4, -0.2) is 26.4 Å². The van der Waals surface area contributed by atoms with E-state index >= 15 is 0 Å². The molecule has 3 aromatic rings. The summed E-state index contributed by atoms with van der Waals surface area (Å²) in [5.74, 6) is -0.891. The van der Waals surface area contributed by atoms with Gasteiger partial charge in [-0.15, -0.1) is 0 Å². The van der Waals surface area contributed by atoms with E-state index in [-0.39, 0.29) is 22.2 Å². The highest BCUT2D eigenvalue weighted by molar-refractivity contribution is 7.90. The van der Waals surface area contributed by atoms with Crippen LogP contribution < -0.4 is 9.46 Å². The number of nitrogens with one attached hydrogen (secondary N) is 2. The Bertz CT molecular complexity index is 1050. The van der Waals surface area contributed by atoms with Crippen LogP contribution in [0.3, 0.4) is 0 Å². The van der Waals surface area contributed by atoms with Crippen molar-refractivity contribution < 1.29 is 22.4 Å². The lowest BCUT2D eigenvalue weighted by atomic mass is 10.2. The number of carbonyl (C=O) groups excluding carboxylic acids is 1. The molecule has 0 aliphatic rings. The highest BCUT2D eigenvalue weighted by Gasteiger charge is 2.26. The van der Waals surface area contributed by atoms with E-state index in [2.05, 4.69) is 4.98 Å². The lowest BCUT2D eigenvalue weighted by Gasteiger charge is -2.06. The molecule has 7 nitrogen and oxygen atoms in total. The van der Waals surface area contributed by atoms with Gasteiger partial charge in [-0.2, -0.15) is 0 Å². The number of halogens is 1. The molecule has 0 atom stereocenters. The molecule has 3 rings (SSSR count). The molecule has 0 bridgehead atoms. The van der Waals surface area contributed by atoms with Crippen LogP contribution in [0, 0.1) is 6.92 Å². The maximum Gasteiger partial charge on any atom is 0.304 e. The van der Waals surface area contributed by atoms with Crippen LogP contribution in [-0.2, 0) is 10.0 Å². The fourth-order valence-electron chi connectivity index (χ4n) is 2.29. The van der Waals surface area contributed by atoms with E-state index in [0.29, 0.717) is 10.7 Å². The fraction of sp³-hybridized carbons (Fsp3) is 0.118. The van der Waals surface area contributed by atoms with Crippen molar-refractivity contribution in [1.82, 2.24) is 9.71 Å². The average Bonchev–Trinajstić information content (AvgIpc) is 3.20. The number of hydrogen-bond donors (Lipinski definition) is 2. The summed E-state index contributed by atoms with van der Waals surface area (Å²) in [5, 5.41) is 0.389. The molecule has 1 amide bonds. The number of carbonyl (C=O) groups is 1. The summed E-state index contributed by atoms with van der Waals surface area (Å²) >= 11 is 6.03. The van der Waals surface area contributed by atoms with Crippen molar-refractivity contribution in [3.05, 3.63) is 58.9 Å². The van der Waals surface area contributed by atoms with Crippen LogP contribution in [0.15, 0.2) is 51.9 Å². The van der Waals surface area contributed by atoms with Gasteiger partial charge in [0.25, 0.3) is 10.0 Å². The molecular weight excluding hydrogens is 380 g/mol. The summed E-state index contributed by atoms with van der Waals surface area (Å²) in [6.07, 6.45) is 1.61. The predicted octanol–water partition coefficient (Wildman–Crippen LogP) is 3.36. The number of rotatable bonds is 5. The van der Waals surface area contributed by atoms with E-state index in [1.807, 2.05) is 11.6 Å². The molecule has 0 spiro atoms. The molecule has 0 radical (unpaired) electrons. The largest absolute Gasteiger partial charge is 0.492 e. The predicted molar refractivity (Wildman–Crippen MR) is 95.9 cm³/mol. The Labute approximate surface area is 155 Å². The van der Waals surface area contributed by atoms with E-state index < -0.39 is 15.9 Å². The molecule has 2 N–H and O–H groups in total. The second-order valence-corrected chi connectivity index (χ2v) is 7.55.